The number of nitrogens with zero attached hydrogens (tertiary/aromatic N) is 3. The SMILES string of the molecule is N#Cc1ccccc1-c1cnc2nc(C(=O)CCC(F)(F)F)oc2c1. The molecule has 1 aromatic carbocycles. The van der Waals surface area contributed by atoms with Crippen LogP contribution < -0.4 is 0 Å². The van der Waals surface area contributed by atoms with Gasteiger partial charge in [-0.15, -0.1) is 0 Å². The molecule has 0 aliphatic carbocycles. The number of alkyl halides is 3. The molecule has 0 spiro atoms. The van der Waals surface area contributed by atoms with Crippen molar-refractivity contribution in [3.8, 4) is 17.2 Å². The van der Waals surface area contributed by atoms with Gasteiger partial charge in [-0.3, -0.25) is 4.79 Å². The van der Waals surface area contributed by atoms with E-state index in [1.54, 1.807) is 30.3 Å². The molecule has 0 aliphatic rings. The van der Waals surface area contributed by atoms with Crippen molar-refractivity contribution in [2.24, 2.45) is 0 Å². The van der Waals surface area contributed by atoms with Crippen LogP contribution in [0.1, 0.15) is 29.1 Å². The lowest BCUT2D eigenvalue weighted by Gasteiger charge is -2.02. The highest BCUT2D eigenvalue weighted by atomic mass is 19.4. The Kier molecular flexibility index (Phi) is 4.23. The highest BCUT2D eigenvalue weighted by molar-refractivity contribution is 5.94. The van der Waals surface area contributed by atoms with Gasteiger partial charge in [-0.1, -0.05) is 18.2 Å². The van der Waals surface area contributed by atoms with Crippen LogP contribution in [0.4, 0.5) is 13.2 Å². The first-order chi connectivity index (χ1) is 11.9. The van der Waals surface area contributed by atoms with Crippen molar-refractivity contribution in [2.75, 3.05) is 0 Å². The van der Waals surface area contributed by atoms with Crippen LogP contribution in [0.5, 0.6) is 0 Å². The number of fused-ring (bicyclic) bond motifs is 1. The largest absolute Gasteiger partial charge is 0.432 e. The number of halogens is 3. The summed E-state index contributed by atoms with van der Waals surface area (Å²) in [5, 5.41) is 9.15. The third-order valence-electron chi connectivity index (χ3n) is 3.48. The van der Waals surface area contributed by atoms with Crippen LogP contribution in [-0.2, 0) is 0 Å². The summed E-state index contributed by atoms with van der Waals surface area (Å²) in [4.78, 5) is 19.7. The van der Waals surface area contributed by atoms with Crippen molar-refractivity contribution < 1.29 is 22.4 Å². The zero-order valence-electron chi connectivity index (χ0n) is 12.7. The zero-order valence-corrected chi connectivity index (χ0v) is 12.7. The van der Waals surface area contributed by atoms with Gasteiger partial charge in [0.2, 0.25) is 5.78 Å². The molecule has 0 amide bonds. The van der Waals surface area contributed by atoms with Crippen molar-refractivity contribution in [2.45, 2.75) is 19.0 Å². The van der Waals surface area contributed by atoms with Gasteiger partial charge < -0.3 is 4.42 Å². The van der Waals surface area contributed by atoms with Gasteiger partial charge in [-0.25, -0.2) is 4.98 Å². The molecular formula is C17H10F3N3O2. The molecule has 0 unspecified atom stereocenters. The van der Waals surface area contributed by atoms with Gasteiger partial charge in [0, 0.05) is 23.7 Å². The summed E-state index contributed by atoms with van der Waals surface area (Å²) in [6.07, 6.45) is -4.93. The predicted octanol–water partition coefficient (Wildman–Crippen LogP) is 4.29. The number of carbonyl (C=O) groups excluding carboxylic acids is 1. The van der Waals surface area contributed by atoms with E-state index in [2.05, 4.69) is 16.0 Å². The second kappa shape index (κ2) is 6.36. The fourth-order valence-corrected chi connectivity index (χ4v) is 2.28. The number of benzene rings is 1. The van der Waals surface area contributed by atoms with E-state index >= 15 is 0 Å². The fourth-order valence-electron chi connectivity index (χ4n) is 2.28. The average molecular weight is 345 g/mol. The van der Waals surface area contributed by atoms with E-state index in [0.29, 0.717) is 16.7 Å². The third kappa shape index (κ3) is 3.66. The van der Waals surface area contributed by atoms with E-state index in [1.165, 1.54) is 6.20 Å². The van der Waals surface area contributed by atoms with Gasteiger partial charge in [-0.2, -0.15) is 23.4 Å². The first kappa shape index (κ1) is 16.6. The molecule has 0 radical (unpaired) electrons. The normalized spacial score (nSPS) is 11.4. The third-order valence-corrected chi connectivity index (χ3v) is 3.48. The number of hydrogen-bond donors (Lipinski definition) is 0. The Hall–Kier alpha value is -3.21. The van der Waals surface area contributed by atoms with Gasteiger partial charge in [0.15, 0.2) is 11.2 Å². The molecule has 0 saturated carbocycles. The van der Waals surface area contributed by atoms with Crippen molar-refractivity contribution in [3.05, 3.63) is 48.0 Å². The number of ketones is 1. The monoisotopic (exact) mass is 345 g/mol. The Labute approximate surface area is 139 Å². The molecule has 3 aromatic rings. The molecule has 2 aromatic heterocycles. The van der Waals surface area contributed by atoms with Crippen LogP contribution in [0.2, 0.25) is 0 Å². The van der Waals surface area contributed by atoms with Gasteiger partial charge in [0.05, 0.1) is 18.1 Å². The number of nitriles is 1. The van der Waals surface area contributed by atoms with Crippen LogP contribution in [0.3, 0.4) is 0 Å². The smallest absolute Gasteiger partial charge is 0.389 e. The molecular weight excluding hydrogens is 335 g/mol. The van der Waals surface area contributed by atoms with Gasteiger partial charge in [-0.05, 0) is 12.1 Å². The quantitative estimate of drug-likeness (QED) is 0.659. The summed E-state index contributed by atoms with van der Waals surface area (Å²) in [7, 11) is 0. The second-order valence-electron chi connectivity index (χ2n) is 5.26. The molecule has 0 saturated heterocycles. The Bertz CT molecular complexity index is 987. The molecule has 0 aliphatic heterocycles. The average Bonchev–Trinajstić information content (AvgIpc) is 3.02. The second-order valence-corrected chi connectivity index (χ2v) is 5.26. The van der Waals surface area contributed by atoms with E-state index in [4.69, 9.17) is 9.68 Å². The number of rotatable bonds is 4. The lowest BCUT2D eigenvalue weighted by Crippen LogP contribution is -2.11. The van der Waals surface area contributed by atoms with Crippen LogP contribution in [0.25, 0.3) is 22.4 Å². The fraction of sp³-hybridized carbons (Fsp3) is 0.176. The lowest BCUT2D eigenvalue weighted by atomic mass is 10.0. The van der Waals surface area contributed by atoms with Crippen molar-refractivity contribution in [3.63, 3.8) is 0 Å². The summed E-state index contributed by atoms with van der Waals surface area (Å²) in [6.45, 7) is 0. The Balaban J connectivity index is 1.92. The summed E-state index contributed by atoms with van der Waals surface area (Å²) < 4.78 is 41.9. The number of pyridine rings is 1. The Morgan fingerprint density at radius 1 is 1.28 bits per heavy atom. The number of carbonyl (C=O) groups is 1. The molecule has 3 rings (SSSR count). The lowest BCUT2D eigenvalue weighted by molar-refractivity contribution is -0.133. The highest BCUT2D eigenvalue weighted by Gasteiger charge is 2.29. The summed E-state index contributed by atoms with van der Waals surface area (Å²) in [6, 6.07) is 10.5. The van der Waals surface area contributed by atoms with Crippen LogP contribution in [0, 0.1) is 11.3 Å². The molecule has 126 valence electrons. The Morgan fingerprint density at radius 3 is 2.76 bits per heavy atom. The van der Waals surface area contributed by atoms with E-state index in [0.717, 1.165) is 0 Å². The first-order valence-electron chi connectivity index (χ1n) is 7.23. The molecule has 0 N–H and O–H groups in total. The number of hydrogen-bond acceptors (Lipinski definition) is 5. The number of Topliss-reactive ketones (excluding diaryl/α,β-unsaturated/α-hetero) is 1. The summed E-state index contributed by atoms with van der Waals surface area (Å²) >= 11 is 0. The van der Waals surface area contributed by atoms with Gasteiger partial charge in [0.1, 0.15) is 0 Å². The molecule has 8 heteroatoms. The highest BCUT2D eigenvalue weighted by Crippen LogP contribution is 2.27. The minimum Gasteiger partial charge on any atom is -0.432 e. The van der Waals surface area contributed by atoms with Crippen LogP contribution in [-0.4, -0.2) is 21.9 Å². The predicted molar refractivity (Wildman–Crippen MR) is 81.6 cm³/mol. The van der Waals surface area contributed by atoms with Crippen molar-refractivity contribution in [1.82, 2.24) is 9.97 Å². The maximum atomic E-state index is 12.2. The first-order valence-corrected chi connectivity index (χ1v) is 7.23. The van der Waals surface area contributed by atoms with Crippen molar-refractivity contribution >= 4 is 17.0 Å². The molecule has 2 heterocycles. The molecule has 25 heavy (non-hydrogen) atoms. The molecule has 0 fully saturated rings. The maximum Gasteiger partial charge on any atom is 0.389 e. The summed E-state index contributed by atoms with van der Waals surface area (Å²) in [5.41, 5.74) is 1.93. The standard InChI is InChI=1S/C17H10F3N3O2/c18-17(19,20)6-5-13(24)16-23-15-14(25-16)7-11(9-22-15)12-4-2-1-3-10(12)8-21/h1-4,7,9H,5-6H2. The van der Waals surface area contributed by atoms with Gasteiger partial charge in [0.25, 0.3) is 5.89 Å². The minimum atomic E-state index is -4.42. The maximum absolute atomic E-state index is 12.2. The number of aromatic nitrogens is 2. The minimum absolute atomic E-state index is 0.119. The van der Waals surface area contributed by atoms with Crippen LogP contribution >= 0.6 is 0 Å². The van der Waals surface area contributed by atoms with Gasteiger partial charge >= 0.3 is 6.18 Å². The Morgan fingerprint density at radius 2 is 2.04 bits per heavy atom. The van der Waals surface area contributed by atoms with E-state index in [1.807, 2.05) is 0 Å². The zero-order chi connectivity index (χ0) is 18.0. The van der Waals surface area contributed by atoms with E-state index in [9.17, 15) is 18.0 Å². The number of oxazole rings is 1. The molecule has 5 nitrogen and oxygen atoms in total. The molecule has 0 bridgehead atoms. The topological polar surface area (TPSA) is 79.8 Å². The summed E-state index contributed by atoms with van der Waals surface area (Å²) in [5.74, 6) is -1.24. The van der Waals surface area contributed by atoms with Crippen LogP contribution in [0.15, 0.2) is 40.9 Å². The van der Waals surface area contributed by atoms with Crippen molar-refractivity contribution in [1.29, 1.82) is 5.26 Å². The van der Waals surface area contributed by atoms with E-state index in [-0.39, 0.29) is 11.2 Å². The molecule has 0 atom stereocenters. The van der Waals surface area contributed by atoms with E-state index < -0.39 is 30.7 Å².